The Morgan fingerprint density at radius 2 is 0.446 bits per heavy atom. The molecule has 0 radical (unpaired) electrons. The third-order valence-electron chi connectivity index (χ3n) is 23.5. The van der Waals surface area contributed by atoms with E-state index in [-0.39, 0.29) is 23.9 Å². The normalized spacial score (nSPS) is 21.0. The first-order valence-electron chi connectivity index (χ1n) is 42.9. The molecule has 0 aromatic rings. The van der Waals surface area contributed by atoms with Gasteiger partial charge in [0, 0.05) is 50.6 Å². The summed E-state index contributed by atoms with van der Waals surface area (Å²) >= 11 is 0. The average molecular weight is 1290 g/mol. The Morgan fingerprint density at radius 3 is 0.696 bits per heavy atom. The Balaban J connectivity index is 1.38. The molecule has 3 aliphatic carbocycles. The minimum Gasteiger partial charge on any atom is -0.351 e. The van der Waals surface area contributed by atoms with Crippen LogP contribution in [0.3, 0.4) is 0 Å². The highest BCUT2D eigenvalue weighted by Gasteiger charge is 2.36. The molecular formula is C86H162N2O4. The molecule has 2 N–H and O–H groups in total. The van der Waals surface area contributed by atoms with Crippen LogP contribution in [-0.4, -0.2) is 35.5 Å². The molecule has 3 saturated carbocycles. The predicted octanol–water partition coefficient (Wildman–Crippen LogP) is 27.2. The van der Waals surface area contributed by atoms with Gasteiger partial charge in [0.1, 0.15) is 11.6 Å². The third kappa shape index (κ3) is 46.5. The van der Waals surface area contributed by atoms with Crippen LogP contribution < -0.4 is 10.6 Å². The van der Waals surface area contributed by atoms with Crippen LogP contribution in [0.25, 0.3) is 0 Å². The fourth-order valence-electron chi connectivity index (χ4n) is 17.5. The average Bonchev–Trinajstić information content (AvgIpc) is 0.984. The van der Waals surface area contributed by atoms with Crippen LogP contribution >= 0.6 is 0 Å². The van der Waals surface area contributed by atoms with Crippen molar-refractivity contribution in [2.24, 2.45) is 35.5 Å². The van der Waals surface area contributed by atoms with Crippen molar-refractivity contribution >= 4 is 23.4 Å². The van der Waals surface area contributed by atoms with Crippen molar-refractivity contribution in [1.82, 2.24) is 10.6 Å². The molecule has 3 rings (SSSR count). The van der Waals surface area contributed by atoms with Crippen LogP contribution in [0.15, 0.2) is 0 Å². The van der Waals surface area contributed by atoms with Gasteiger partial charge in [-0.15, -0.1) is 0 Å². The van der Waals surface area contributed by atoms with E-state index in [9.17, 15) is 19.2 Å². The molecule has 6 nitrogen and oxygen atoms in total. The summed E-state index contributed by atoms with van der Waals surface area (Å²) in [7, 11) is 0. The molecule has 3 aliphatic rings. The number of carbonyl (C=O) groups is 4. The van der Waals surface area contributed by atoms with E-state index in [1.54, 1.807) is 0 Å². The summed E-state index contributed by atoms with van der Waals surface area (Å²) in [6.45, 7) is 9.26. The van der Waals surface area contributed by atoms with E-state index in [0.717, 1.165) is 126 Å². The lowest BCUT2D eigenvalue weighted by Gasteiger charge is -2.42. The summed E-state index contributed by atoms with van der Waals surface area (Å²) < 4.78 is 0. The van der Waals surface area contributed by atoms with E-state index in [1.807, 2.05) is 0 Å². The number of hydrogen-bond donors (Lipinski definition) is 2. The highest BCUT2D eigenvalue weighted by molar-refractivity contribution is 5.80. The first kappa shape index (κ1) is 84.5. The van der Waals surface area contributed by atoms with E-state index in [1.165, 1.54) is 334 Å². The van der Waals surface area contributed by atoms with Crippen LogP contribution in [0.4, 0.5) is 0 Å². The molecule has 2 amide bonds. The monoisotopic (exact) mass is 1290 g/mol. The maximum Gasteiger partial charge on any atom is 0.220 e. The standard InChI is InChI=1S/C86H162N2O4/c1-5-9-13-17-21-23-25-27-29-31-33-35-37-41-51-65-81(89)73-79-63-55-56-64-80(79)74-82(90)66-52-45-43-49-61-77-71-75(59-47-39-19-15-11-7-3)76(60-48-40-20-16-12-8-4)72-78(77)62-50-44-46-54-70-86(92)88-84-68-58-57-67-83(84)87-85(91)69-53-42-38-36-34-32-30-28-26-24-22-18-14-10-6-2/h75-80,83-84H,5-74H2,1-4H3,(H,87,91)(H,88,92)/t75?,76?,77?,78?,79-,80-,83-,84-/m0/s1. The van der Waals surface area contributed by atoms with Crippen LogP contribution in [0.5, 0.6) is 0 Å². The fraction of sp³-hybridized carbons (Fsp3) is 0.953. The molecule has 0 saturated heterocycles. The minimum atomic E-state index is 0.0718. The molecule has 6 heteroatoms. The highest BCUT2D eigenvalue weighted by atomic mass is 16.2. The third-order valence-corrected chi connectivity index (χ3v) is 23.5. The zero-order chi connectivity index (χ0) is 65.8. The van der Waals surface area contributed by atoms with Gasteiger partial charge in [0.25, 0.3) is 0 Å². The van der Waals surface area contributed by atoms with Crippen molar-refractivity contribution in [3.63, 3.8) is 0 Å². The summed E-state index contributed by atoms with van der Waals surface area (Å²) in [5.41, 5.74) is 0. The molecular weight excluding hydrogens is 1120 g/mol. The van der Waals surface area contributed by atoms with E-state index in [2.05, 4.69) is 38.3 Å². The molecule has 540 valence electrons. The summed E-state index contributed by atoms with van der Waals surface area (Å²) in [5, 5.41) is 6.78. The van der Waals surface area contributed by atoms with Crippen molar-refractivity contribution in [1.29, 1.82) is 0 Å². The Morgan fingerprint density at radius 1 is 0.239 bits per heavy atom. The van der Waals surface area contributed by atoms with Gasteiger partial charge in [-0.25, -0.2) is 0 Å². The zero-order valence-electron chi connectivity index (χ0n) is 62.7. The summed E-state index contributed by atoms with van der Waals surface area (Å²) in [5.74, 6) is 5.64. The molecule has 3 fully saturated rings. The SMILES string of the molecule is CCCCCCCCCCCCCCCCCC(=O)C[C@@H]1CCCC[C@H]1CC(=O)CCCCCCC1CC(CCCCCCCC)C(CCCCCCCC)CC1CCCCCCC(=O)N[C@H]1CCCC[C@@H]1NC(=O)CCCCCCCCCCCCCCCCC. The number of hydrogen-bond acceptors (Lipinski definition) is 4. The lowest BCUT2D eigenvalue weighted by atomic mass is 9.63. The van der Waals surface area contributed by atoms with E-state index in [4.69, 9.17) is 0 Å². The number of amides is 2. The number of ketones is 2. The van der Waals surface area contributed by atoms with Crippen LogP contribution in [0.2, 0.25) is 0 Å². The van der Waals surface area contributed by atoms with Gasteiger partial charge in [0.05, 0.1) is 0 Å². The fourth-order valence-corrected chi connectivity index (χ4v) is 17.5. The molecule has 4 unspecified atom stereocenters. The summed E-state index contributed by atoms with van der Waals surface area (Å²) in [4.78, 5) is 53.4. The van der Waals surface area contributed by atoms with Crippen LogP contribution in [0, 0.1) is 35.5 Å². The molecule has 92 heavy (non-hydrogen) atoms. The van der Waals surface area contributed by atoms with Crippen molar-refractivity contribution in [3.05, 3.63) is 0 Å². The van der Waals surface area contributed by atoms with Gasteiger partial charge >= 0.3 is 0 Å². The maximum atomic E-state index is 13.6. The van der Waals surface area contributed by atoms with E-state index < -0.39 is 0 Å². The number of Topliss-reactive ketones (excluding diaryl/α,β-unsaturated/α-hetero) is 2. The Kier molecular flexibility index (Phi) is 56.6. The zero-order valence-corrected chi connectivity index (χ0v) is 62.7. The Labute approximate surface area is 574 Å². The molecule has 0 aromatic carbocycles. The maximum absolute atomic E-state index is 13.6. The van der Waals surface area contributed by atoms with Gasteiger partial charge < -0.3 is 10.6 Å². The van der Waals surface area contributed by atoms with Crippen molar-refractivity contribution in [2.45, 2.75) is 489 Å². The highest BCUT2D eigenvalue weighted by Crippen LogP contribution is 2.47. The quantitative estimate of drug-likeness (QED) is 0.0594. The lowest BCUT2D eigenvalue weighted by Crippen LogP contribution is -2.53. The largest absolute Gasteiger partial charge is 0.351 e. The molecule has 0 bridgehead atoms. The second-order valence-electron chi connectivity index (χ2n) is 31.9. The minimum absolute atomic E-state index is 0.0718. The van der Waals surface area contributed by atoms with Crippen molar-refractivity contribution in [2.75, 3.05) is 0 Å². The van der Waals surface area contributed by atoms with Crippen LogP contribution in [-0.2, 0) is 19.2 Å². The molecule has 0 aromatic heterocycles. The van der Waals surface area contributed by atoms with Gasteiger partial charge in [-0.05, 0) is 99.7 Å². The molecule has 0 aliphatic heterocycles. The molecule has 8 atom stereocenters. The summed E-state index contributed by atoms with van der Waals surface area (Å²) in [6.07, 6.45) is 88.1. The molecule has 0 heterocycles. The Bertz CT molecular complexity index is 1560. The van der Waals surface area contributed by atoms with Gasteiger partial charge in [0.15, 0.2) is 0 Å². The number of unbranched alkanes of at least 4 members (excludes halogenated alkanes) is 44. The topological polar surface area (TPSA) is 92.3 Å². The molecule has 0 spiro atoms. The van der Waals surface area contributed by atoms with Crippen molar-refractivity contribution in [3.8, 4) is 0 Å². The van der Waals surface area contributed by atoms with Crippen LogP contribution in [0.1, 0.15) is 477 Å². The second kappa shape index (κ2) is 61.6. The summed E-state index contributed by atoms with van der Waals surface area (Å²) in [6, 6.07) is 0.147. The first-order chi connectivity index (χ1) is 45.3. The van der Waals surface area contributed by atoms with E-state index >= 15 is 0 Å². The van der Waals surface area contributed by atoms with Crippen molar-refractivity contribution < 1.29 is 19.2 Å². The van der Waals surface area contributed by atoms with Gasteiger partial charge in [0.2, 0.25) is 11.8 Å². The number of nitrogens with one attached hydrogen (secondary N) is 2. The number of rotatable bonds is 66. The van der Waals surface area contributed by atoms with Gasteiger partial charge in [-0.2, -0.15) is 0 Å². The number of carbonyl (C=O) groups excluding carboxylic acids is 4. The van der Waals surface area contributed by atoms with E-state index in [0.29, 0.717) is 36.2 Å². The van der Waals surface area contributed by atoms with Gasteiger partial charge in [-0.1, -0.05) is 374 Å². The lowest BCUT2D eigenvalue weighted by molar-refractivity contribution is -0.125. The second-order valence-corrected chi connectivity index (χ2v) is 31.9. The van der Waals surface area contributed by atoms with Gasteiger partial charge in [-0.3, -0.25) is 19.2 Å². The first-order valence-corrected chi connectivity index (χ1v) is 42.9. The predicted molar refractivity (Wildman–Crippen MR) is 401 cm³/mol. The Hall–Kier alpha value is -1.72. The smallest absolute Gasteiger partial charge is 0.220 e.